The van der Waals surface area contributed by atoms with E-state index in [1.807, 2.05) is 6.07 Å². The van der Waals surface area contributed by atoms with Gasteiger partial charge in [-0.2, -0.15) is 0 Å². The van der Waals surface area contributed by atoms with Crippen LogP contribution in [0.5, 0.6) is 0 Å². The number of H-pyrrole nitrogens is 1. The summed E-state index contributed by atoms with van der Waals surface area (Å²) in [4.78, 5) is 20.5. The maximum Gasteiger partial charge on any atom is 0.251 e. The molecule has 0 amide bonds. The van der Waals surface area contributed by atoms with Crippen molar-refractivity contribution in [2.75, 3.05) is 0 Å². The maximum absolute atomic E-state index is 11.8. The number of aromatic nitrogens is 2. The van der Waals surface area contributed by atoms with Gasteiger partial charge in [-0.15, -0.1) is 11.3 Å². The summed E-state index contributed by atoms with van der Waals surface area (Å²) in [5.41, 5.74) is 0.833. The fourth-order valence-corrected chi connectivity index (χ4v) is 4.50. The van der Waals surface area contributed by atoms with Gasteiger partial charge in [0.25, 0.3) is 5.56 Å². The molecule has 0 bridgehead atoms. The quantitative estimate of drug-likeness (QED) is 0.873. The first-order valence-electron chi connectivity index (χ1n) is 7.09. The maximum atomic E-state index is 11.8. The van der Waals surface area contributed by atoms with Crippen LogP contribution in [-0.2, 0) is 6.42 Å². The molecule has 0 unspecified atom stereocenters. The van der Waals surface area contributed by atoms with E-state index < -0.39 is 0 Å². The fourth-order valence-electron chi connectivity index (χ4n) is 2.56. The molecule has 5 heteroatoms. The third-order valence-electron chi connectivity index (χ3n) is 3.54. The molecule has 0 aromatic carbocycles. The van der Waals surface area contributed by atoms with Crippen LogP contribution in [-0.4, -0.2) is 15.2 Å². The average molecular weight is 306 g/mol. The minimum Gasteiger partial charge on any atom is -0.301 e. The Hall–Kier alpha value is -1.07. The van der Waals surface area contributed by atoms with E-state index >= 15 is 0 Å². The van der Waals surface area contributed by atoms with Crippen molar-refractivity contribution in [2.45, 2.75) is 48.9 Å². The van der Waals surface area contributed by atoms with Crippen molar-refractivity contribution in [3.63, 3.8) is 0 Å². The summed E-state index contributed by atoms with van der Waals surface area (Å²) in [6, 6.07) is 5.73. The second-order valence-corrected chi connectivity index (χ2v) is 7.50. The summed E-state index contributed by atoms with van der Waals surface area (Å²) in [7, 11) is 0. The van der Waals surface area contributed by atoms with Gasteiger partial charge in [0.1, 0.15) is 0 Å². The molecule has 0 atom stereocenters. The molecular formula is C15H18N2OS2. The smallest absolute Gasteiger partial charge is 0.251 e. The predicted molar refractivity (Wildman–Crippen MR) is 84.7 cm³/mol. The van der Waals surface area contributed by atoms with E-state index in [9.17, 15) is 4.79 Å². The normalized spacial score (nSPS) is 16.4. The van der Waals surface area contributed by atoms with Crippen LogP contribution in [0.2, 0.25) is 0 Å². The Morgan fingerprint density at radius 2 is 2.20 bits per heavy atom. The lowest BCUT2D eigenvalue weighted by Gasteiger charge is -2.20. The largest absolute Gasteiger partial charge is 0.301 e. The van der Waals surface area contributed by atoms with E-state index in [-0.39, 0.29) is 5.56 Å². The van der Waals surface area contributed by atoms with Gasteiger partial charge in [0.05, 0.1) is 5.69 Å². The molecule has 0 radical (unpaired) electrons. The Bertz CT molecular complexity index is 601. The van der Waals surface area contributed by atoms with Crippen LogP contribution in [0.25, 0.3) is 0 Å². The molecule has 1 fully saturated rings. The summed E-state index contributed by atoms with van der Waals surface area (Å²) in [6.45, 7) is 0. The third-order valence-corrected chi connectivity index (χ3v) is 5.64. The van der Waals surface area contributed by atoms with Gasteiger partial charge in [0.15, 0.2) is 5.16 Å². The molecule has 0 saturated heterocycles. The molecule has 0 spiro atoms. The van der Waals surface area contributed by atoms with Crippen molar-refractivity contribution in [1.82, 2.24) is 9.97 Å². The van der Waals surface area contributed by atoms with Gasteiger partial charge in [-0.3, -0.25) is 4.79 Å². The van der Waals surface area contributed by atoms with Crippen molar-refractivity contribution in [3.8, 4) is 0 Å². The monoisotopic (exact) mass is 306 g/mol. The van der Waals surface area contributed by atoms with E-state index in [0.29, 0.717) is 5.25 Å². The lowest BCUT2D eigenvalue weighted by molar-refractivity contribution is 0.515. The van der Waals surface area contributed by atoms with E-state index in [0.717, 1.165) is 17.3 Å². The van der Waals surface area contributed by atoms with E-state index in [1.54, 1.807) is 29.2 Å². The summed E-state index contributed by atoms with van der Waals surface area (Å²) in [6.07, 6.45) is 7.18. The number of thioether (sulfide) groups is 1. The molecule has 20 heavy (non-hydrogen) atoms. The molecule has 2 aromatic rings. The SMILES string of the molecule is O=c1cc(Cc2cccs2)nc(SC2CCCCC2)[nH]1. The van der Waals surface area contributed by atoms with Crippen LogP contribution >= 0.6 is 23.1 Å². The molecular weight excluding hydrogens is 288 g/mol. The molecule has 1 aliphatic rings. The Labute approximate surface area is 126 Å². The highest BCUT2D eigenvalue weighted by molar-refractivity contribution is 7.99. The van der Waals surface area contributed by atoms with Crippen molar-refractivity contribution < 1.29 is 0 Å². The molecule has 2 aromatic heterocycles. The summed E-state index contributed by atoms with van der Waals surface area (Å²) in [5.74, 6) is 0. The Morgan fingerprint density at radius 3 is 2.95 bits per heavy atom. The van der Waals surface area contributed by atoms with Crippen molar-refractivity contribution >= 4 is 23.1 Å². The van der Waals surface area contributed by atoms with Crippen molar-refractivity contribution in [3.05, 3.63) is 44.5 Å². The van der Waals surface area contributed by atoms with Gasteiger partial charge in [0.2, 0.25) is 0 Å². The minimum atomic E-state index is -0.0372. The zero-order valence-corrected chi connectivity index (χ0v) is 12.9. The van der Waals surface area contributed by atoms with Crippen LogP contribution in [0.3, 0.4) is 0 Å². The topological polar surface area (TPSA) is 45.8 Å². The fraction of sp³-hybridized carbons (Fsp3) is 0.467. The predicted octanol–water partition coefficient (Wildman–Crippen LogP) is 3.85. The second kappa shape index (κ2) is 6.59. The molecule has 1 saturated carbocycles. The zero-order chi connectivity index (χ0) is 13.8. The molecule has 0 aliphatic heterocycles. The van der Waals surface area contributed by atoms with Crippen LogP contribution in [0.1, 0.15) is 42.7 Å². The molecule has 2 heterocycles. The second-order valence-electron chi connectivity index (χ2n) is 5.18. The van der Waals surface area contributed by atoms with Crippen LogP contribution in [0.4, 0.5) is 0 Å². The van der Waals surface area contributed by atoms with Gasteiger partial charge in [-0.1, -0.05) is 37.1 Å². The van der Waals surface area contributed by atoms with Gasteiger partial charge in [0, 0.05) is 22.6 Å². The van der Waals surface area contributed by atoms with Crippen LogP contribution < -0.4 is 5.56 Å². The number of nitrogens with zero attached hydrogens (tertiary/aromatic N) is 1. The summed E-state index contributed by atoms with van der Waals surface area (Å²) < 4.78 is 0. The number of rotatable bonds is 4. The first-order chi connectivity index (χ1) is 9.79. The van der Waals surface area contributed by atoms with Gasteiger partial charge in [-0.05, 0) is 24.3 Å². The van der Waals surface area contributed by atoms with E-state index in [4.69, 9.17) is 0 Å². The van der Waals surface area contributed by atoms with E-state index in [1.165, 1.54) is 37.0 Å². The molecule has 3 rings (SSSR count). The summed E-state index contributed by atoms with van der Waals surface area (Å²) in [5, 5.41) is 3.46. The lowest BCUT2D eigenvalue weighted by atomic mass is 10.0. The van der Waals surface area contributed by atoms with E-state index in [2.05, 4.69) is 21.4 Å². The van der Waals surface area contributed by atoms with Gasteiger partial charge in [-0.25, -0.2) is 4.98 Å². The average Bonchev–Trinajstić information content (AvgIpc) is 2.92. The Kier molecular flexibility index (Phi) is 4.58. The number of hydrogen-bond donors (Lipinski definition) is 1. The Morgan fingerprint density at radius 1 is 1.35 bits per heavy atom. The third kappa shape index (κ3) is 3.73. The standard InChI is InChI=1S/C15H18N2OS2/c18-14-10-11(9-13-7-4-8-19-13)16-15(17-14)20-12-5-2-1-3-6-12/h4,7-8,10,12H,1-3,5-6,9H2,(H,16,17,18). The van der Waals surface area contributed by atoms with Crippen LogP contribution in [0, 0.1) is 0 Å². The first-order valence-corrected chi connectivity index (χ1v) is 8.85. The Balaban J connectivity index is 1.74. The minimum absolute atomic E-state index is 0.0372. The molecule has 3 nitrogen and oxygen atoms in total. The highest BCUT2D eigenvalue weighted by Gasteiger charge is 2.16. The van der Waals surface area contributed by atoms with Gasteiger partial charge < -0.3 is 4.98 Å². The number of nitrogens with one attached hydrogen (secondary N) is 1. The lowest BCUT2D eigenvalue weighted by Crippen LogP contribution is -2.14. The van der Waals surface area contributed by atoms with Crippen LogP contribution in [0.15, 0.2) is 33.5 Å². The first kappa shape index (κ1) is 13.9. The van der Waals surface area contributed by atoms with Crippen molar-refractivity contribution in [2.24, 2.45) is 0 Å². The molecule has 106 valence electrons. The highest BCUT2D eigenvalue weighted by atomic mass is 32.2. The molecule has 1 aliphatic carbocycles. The number of thiophene rings is 1. The highest BCUT2D eigenvalue weighted by Crippen LogP contribution is 2.31. The zero-order valence-electron chi connectivity index (χ0n) is 11.3. The number of aromatic amines is 1. The number of hydrogen-bond acceptors (Lipinski definition) is 4. The summed E-state index contributed by atoms with van der Waals surface area (Å²) >= 11 is 3.45. The molecule has 1 N–H and O–H groups in total. The van der Waals surface area contributed by atoms with Gasteiger partial charge >= 0.3 is 0 Å². The van der Waals surface area contributed by atoms with Crippen molar-refractivity contribution in [1.29, 1.82) is 0 Å².